The number of benzene rings is 2. The van der Waals surface area contributed by atoms with Crippen LogP contribution < -0.4 is 5.32 Å². The Morgan fingerprint density at radius 2 is 1.86 bits per heavy atom. The van der Waals surface area contributed by atoms with E-state index in [9.17, 15) is 13.9 Å². The lowest BCUT2D eigenvalue weighted by Gasteiger charge is -2.18. The smallest absolute Gasteiger partial charge is 0.159 e. The predicted molar refractivity (Wildman–Crippen MR) is 79.2 cm³/mol. The SMILES string of the molecule is CC(NCC(O)c1ccc(F)c(F)c1)c1cccc(Cl)c1. The van der Waals surface area contributed by atoms with E-state index < -0.39 is 17.7 Å². The van der Waals surface area contributed by atoms with Gasteiger partial charge in [0.1, 0.15) is 0 Å². The maximum absolute atomic E-state index is 13.1. The average molecular weight is 312 g/mol. The van der Waals surface area contributed by atoms with Crippen LogP contribution >= 0.6 is 11.6 Å². The summed E-state index contributed by atoms with van der Waals surface area (Å²) in [6.07, 6.45) is -0.915. The number of hydrogen-bond acceptors (Lipinski definition) is 2. The Bertz CT molecular complexity index is 621. The highest BCUT2D eigenvalue weighted by atomic mass is 35.5. The first-order valence-electron chi connectivity index (χ1n) is 6.59. The molecule has 0 aliphatic rings. The van der Waals surface area contributed by atoms with E-state index in [4.69, 9.17) is 11.6 Å². The molecule has 0 saturated heterocycles. The second-order valence-corrected chi connectivity index (χ2v) is 5.31. The summed E-state index contributed by atoms with van der Waals surface area (Å²) in [5.41, 5.74) is 1.32. The van der Waals surface area contributed by atoms with E-state index >= 15 is 0 Å². The average Bonchev–Trinajstić information content (AvgIpc) is 2.47. The van der Waals surface area contributed by atoms with Gasteiger partial charge in [0.05, 0.1) is 6.10 Å². The van der Waals surface area contributed by atoms with Gasteiger partial charge in [0.2, 0.25) is 0 Å². The zero-order valence-corrected chi connectivity index (χ0v) is 12.2. The molecule has 2 aromatic carbocycles. The third-order valence-electron chi connectivity index (χ3n) is 3.29. The van der Waals surface area contributed by atoms with E-state index in [1.807, 2.05) is 25.1 Å². The molecular weight excluding hydrogens is 296 g/mol. The lowest BCUT2D eigenvalue weighted by Crippen LogP contribution is -2.24. The highest BCUT2D eigenvalue weighted by Gasteiger charge is 2.13. The third kappa shape index (κ3) is 4.24. The lowest BCUT2D eigenvalue weighted by atomic mass is 10.1. The van der Waals surface area contributed by atoms with Gasteiger partial charge < -0.3 is 10.4 Å². The molecule has 2 atom stereocenters. The Morgan fingerprint density at radius 1 is 1.10 bits per heavy atom. The lowest BCUT2D eigenvalue weighted by molar-refractivity contribution is 0.170. The van der Waals surface area contributed by atoms with Crippen LogP contribution in [-0.2, 0) is 0 Å². The van der Waals surface area contributed by atoms with Crippen LogP contribution in [0.25, 0.3) is 0 Å². The van der Waals surface area contributed by atoms with Crippen molar-refractivity contribution < 1.29 is 13.9 Å². The van der Waals surface area contributed by atoms with Crippen LogP contribution in [0.1, 0.15) is 30.2 Å². The van der Waals surface area contributed by atoms with Gasteiger partial charge in [-0.25, -0.2) is 8.78 Å². The molecule has 0 aliphatic heterocycles. The topological polar surface area (TPSA) is 32.3 Å². The van der Waals surface area contributed by atoms with Gasteiger partial charge in [0.15, 0.2) is 11.6 Å². The van der Waals surface area contributed by atoms with Gasteiger partial charge >= 0.3 is 0 Å². The zero-order chi connectivity index (χ0) is 15.4. The van der Waals surface area contributed by atoms with Crippen LogP contribution in [0, 0.1) is 11.6 Å². The quantitative estimate of drug-likeness (QED) is 0.874. The van der Waals surface area contributed by atoms with Crippen molar-refractivity contribution in [2.75, 3.05) is 6.54 Å². The fourth-order valence-corrected chi connectivity index (χ4v) is 2.22. The monoisotopic (exact) mass is 311 g/mol. The van der Waals surface area contributed by atoms with E-state index in [0.717, 1.165) is 17.7 Å². The Hall–Kier alpha value is -1.49. The van der Waals surface area contributed by atoms with Crippen LogP contribution in [0.15, 0.2) is 42.5 Å². The van der Waals surface area contributed by atoms with Crippen molar-refractivity contribution in [1.29, 1.82) is 0 Å². The molecule has 0 fully saturated rings. The Kier molecular flexibility index (Phi) is 5.28. The standard InChI is InChI=1S/C16H16ClF2NO/c1-10(11-3-2-4-13(17)7-11)20-9-16(21)12-5-6-14(18)15(19)8-12/h2-8,10,16,20-21H,9H2,1H3. The molecule has 0 saturated carbocycles. The van der Waals surface area contributed by atoms with Gasteiger partial charge in [-0.2, -0.15) is 0 Å². The summed E-state index contributed by atoms with van der Waals surface area (Å²) < 4.78 is 26.0. The minimum Gasteiger partial charge on any atom is -0.387 e. The second kappa shape index (κ2) is 6.98. The molecule has 2 N–H and O–H groups in total. The minimum atomic E-state index is -0.963. The van der Waals surface area contributed by atoms with Gasteiger partial charge in [-0.3, -0.25) is 0 Å². The van der Waals surface area contributed by atoms with Gasteiger partial charge in [-0.05, 0) is 42.3 Å². The molecule has 0 amide bonds. The van der Waals surface area contributed by atoms with Crippen molar-refractivity contribution in [3.8, 4) is 0 Å². The van der Waals surface area contributed by atoms with E-state index in [1.165, 1.54) is 6.07 Å². The summed E-state index contributed by atoms with van der Waals surface area (Å²) in [6.45, 7) is 2.16. The van der Waals surface area contributed by atoms with Crippen LogP contribution in [-0.4, -0.2) is 11.7 Å². The summed E-state index contributed by atoms with van der Waals surface area (Å²) in [5.74, 6) is -1.89. The number of nitrogens with one attached hydrogen (secondary N) is 1. The van der Waals surface area contributed by atoms with E-state index in [-0.39, 0.29) is 12.6 Å². The Balaban J connectivity index is 1.97. The van der Waals surface area contributed by atoms with Crippen LogP contribution in [0.3, 0.4) is 0 Å². The summed E-state index contributed by atoms with van der Waals surface area (Å²) in [6, 6.07) is 10.8. The van der Waals surface area contributed by atoms with Crippen LogP contribution in [0.4, 0.5) is 8.78 Å². The molecule has 0 aliphatic carbocycles. The van der Waals surface area contributed by atoms with Crippen LogP contribution in [0.2, 0.25) is 5.02 Å². The van der Waals surface area contributed by atoms with E-state index in [0.29, 0.717) is 10.6 Å². The van der Waals surface area contributed by atoms with Crippen molar-refractivity contribution in [2.24, 2.45) is 0 Å². The van der Waals surface area contributed by atoms with Crippen molar-refractivity contribution in [2.45, 2.75) is 19.1 Å². The van der Waals surface area contributed by atoms with Gasteiger partial charge in [-0.15, -0.1) is 0 Å². The molecule has 0 spiro atoms. The molecule has 2 unspecified atom stereocenters. The fourth-order valence-electron chi connectivity index (χ4n) is 2.02. The number of rotatable bonds is 5. The first kappa shape index (κ1) is 15.9. The molecule has 0 bridgehead atoms. The summed E-state index contributed by atoms with van der Waals surface area (Å²) in [5, 5.41) is 13.8. The summed E-state index contributed by atoms with van der Waals surface area (Å²) in [4.78, 5) is 0. The number of aliphatic hydroxyl groups excluding tert-OH is 1. The van der Waals surface area contributed by atoms with Crippen molar-refractivity contribution in [1.82, 2.24) is 5.32 Å². The minimum absolute atomic E-state index is 0.0244. The summed E-state index contributed by atoms with van der Waals surface area (Å²) in [7, 11) is 0. The molecule has 0 aromatic heterocycles. The number of aliphatic hydroxyl groups is 1. The van der Waals surface area contributed by atoms with Gasteiger partial charge in [-0.1, -0.05) is 29.8 Å². The maximum atomic E-state index is 13.1. The predicted octanol–water partition coefficient (Wildman–Crippen LogP) is 4.00. The first-order chi connectivity index (χ1) is 9.97. The Morgan fingerprint density at radius 3 is 2.52 bits per heavy atom. The molecule has 21 heavy (non-hydrogen) atoms. The third-order valence-corrected chi connectivity index (χ3v) is 3.53. The first-order valence-corrected chi connectivity index (χ1v) is 6.97. The molecule has 2 aromatic rings. The van der Waals surface area contributed by atoms with Crippen molar-refractivity contribution in [3.05, 3.63) is 70.2 Å². The van der Waals surface area contributed by atoms with Crippen molar-refractivity contribution >= 4 is 11.6 Å². The normalized spacial score (nSPS) is 14.0. The molecular formula is C16H16ClF2NO. The fraction of sp³-hybridized carbons (Fsp3) is 0.250. The van der Waals surface area contributed by atoms with Crippen molar-refractivity contribution in [3.63, 3.8) is 0 Å². The number of hydrogen-bond donors (Lipinski definition) is 2. The molecule has 5 heteroatoms. The van der Waals surface area contributed by atoms with E-state index in [1.54, 1.807) is 6.07 Å². The molecule has 2 rings (SSSR count). The highest BCUT2D eigenvalue weighted by Crippen LogP contribution is 2.19. The largest absolute Gasteiger partial charge is 0.387 e. The molecule has 0 heterocycles. The zero-order valence-electron chi connectivity index (χ0n) is 11.5. The van der Waals surface area contributed by atoms with Crippen LogP contribution in [0.5, 0.6) is 0 Å². The van der Waals surface area contributed by atoms with Gasteiger partial charge in [0, 0.05) is 17.6 Å². The number of halogens is 3. The highest BCUT2D eigenvalue weighted by molar-refractivity contribution is 6.30. The molecule has 112 valence electrons. The van der Waals surface area contributed by atoms with E-state index in [2.05, 4.69) is 5.32 Å². The van der Waals surface area contributed by atoms with Gasteiger partial charge in [0.25, 0.3) is 0 Å². The molecule has 2 nitrogen and oxygen atoms in total. The molecule has 0 radical (unpaired) electrons. The Labute approximate surface area is 127 Å². The summed E-state index contributed by atoms with van der Waals surface area (Å²) >= 11 is 5.93. The maximum Gasteiger partial charge on any atom is 0.159 e. The second-order valence-electron chi connectivity index (χ2n) is 4.87.